The maximum Gasteiger partial charge on any atom is 0.258 e. The molecule has 0 radical (unpaired) electrons. The van der Waals surface area contributed by atoms with Gasteiger partial charge in [-0.3, -0.25) is 10.1 Å². The molecule has 1 aromatic heterocycles. The van der Waals surface area contributed by atoms with Gasteiger partial charge in [0, 0.05) is 18.2 Å². The molecule has 0 bridgehead atoms. The summed E-state index contributed by atoms with van der Waals surface area (Å²) >= 11 is 0. The van der Waals surface area contributed by atoms with Crippen molar-refractivity contribution in [1.29, 1.82) is 0 Å². The third-order valence-electron chi connectivity index (χ3n) is 3.06. The van der Waals surface area contributed by atoms with E-state index in [0.717, 1.165) is 5.56 Å². The molecule has 1 amide bonds. The van der Waals surface area contributed by atoms with Gasteiger partial charge in [-0.1, -0.05) is 48.5 Å². The first-order valence-electron chi connectivity index (χ1n) is 6.57. The van der Waals surface area contributed by atoms with E-state index in [2.05, 4.69) is 15.4 Å². The molecule has 0 aliphatic rings. The zero-order valence-electron chi connectivity index (χ0n) is 11.5. The van der Waals surface area contributed by atoms with Crippen LogP contribution in [0.5, 0.6) is 0 Å². The number of benzene rings is 2. The zero-order valence-corrected chi connectivity index (χ0v) is 11.5. The predicted molar refractivity (Wildman–Crippen MR) is 80.8 cm³/mol. The van der Waals surface area contributed by atoms with Gasteiger partial charge in [-0.25, -0.2) is 4.68 Å². The third kappa shape index (κ3) is 2.81. The van der Waals surface area contributed by atoms with E-state index in [9.17, 15) is 4.79 Å². The van der Waals surface area contributed by atoms with Crippen LogP contribution in [0.15, 0.2) is 60.7 Å². The molecule has 0 spiro atoms. The maximum absolute atomic E-state index is 12.1. The quantitative estimate of drug-likeness (QED) is 0.801. The SMILES string of the molecule is Cn1nc(-c2ccccc2)nc1NC(=O)c1ccccc1. The molecule has 3 aromatic rings. The van der Waals surface area contributed by atoms with Crippen molar-refractivity contribution < 1.29 is 4.79 Å². The highest BCUT2D eigenvalue weighted by atomic mass is 16.1. The normalized spacial score (nSPS) is 10.3. The largest absolute Gasteiger partial charge is 0.291 e. The summed E-state index contributed by atoms with van der Waals surface area (Å²) in [5.41, 5.74) is 1.50. The topological polar surface area (TPSA) is 59.8 Å². The number of aryl methyl sites for hydroxylation is 1. The Morgan fingerprint density at radius 3 is 2.29 bits per heavy atom. The van der Waals surface area contributed by atoms with E-state index in [4.69, 9.17) is 0 Å². The predicted octanol–water partition coefficient (Wildman–Crippen LogP) is 2.73. The zero-order chi connectivity index (χ0) is 14.7. The average molecular weight is 278 g/mol. The summed E-state index contributed by atoms with van der Waals surface area (Å²) in [6.07, 6.45) is 0. The third-order valence-corrected chi connectivity index (χ3v) is 3.06. The average Bonchev–Trinajstić information content (AvgIpc) is 2.90. The molecule has 104 valence electrons. The van der Waals surface area contributed by atoms with Crippen LogP contribution >= 0.6 is 0 Å². The molecule has 1 N–H and O–H groups in total. The van der Waals surface area contributed by atoms with Gasteiger partial charge in [0.2, 0.25) is 5.95 Å². The Morgan fingerprint density at radius 2 is 1.62 bits per heavy atom. The van der Waals surface area contributed by atoms with E-state index in [0.29, 0.717) is 17.3 Å². The molecular formula is C16H14N4O. The molecule has 1 heterocycles. The fraction of sp³-hybridized carbons (Fsp3) is 0.0625. The standard InChI is InChI=1S/C16H14N4O/c1-20-16(18-15(21)13-10-6-3-7-11-13)17-14(19-20)12-8-4-2-5-9-12/h2-11H,1H3,(H,17,18,19,21). The van der Waals surface area contributed by atoms with Crippen LogP contribution in [0.2, 0.25) is 0 Å². The van der Waals surface area contributed by atoms with Crippen molar-refractivity contribution >= 4 is 11.9 Å². The highest BCUT2D eigenvalue weighted by Gasteiger charge is 2.12. The van der Waals surface area contributed by atoms with E-state index in [-0.39, 0.29) is 5.91 Å². The van der Waals surface area contributed by atoms with E-state index in [1.54, 1.807) is 23.9 Å². The Hall–Kier alpha value is -2.95. The number of nitrogens with one attached hydrogen (secondary N) is 1. The molecule has 0 saturated carbocycles. The van der Waals surface area contributed by atoms with E-state index in [1.807, 2.05) is 48.5 Å². The fourth-order valence-electron chi connectivity index (χ4n) is 1.97. The van der Waals surface area contributed by atoms with Crippen LogP contribution in [0, 0.1) is 0 Å². The molecule has 5 heteroatoms. The lowest BCUT2D eigenvalue weighted by Crippen LogP contribution is -2.15. The Balaban J connectivity index is 1.84. The number of hydrogen-bond acceptors (Lipinski definition) is 3. The van der Waals surface area contributed by atoms with Crippen LogP contribution in [-0.4, -0.2) is 20.7 Å². The van der Waals surface area contributed by atoms with Crippen LogP contribution in [0.25, 0.3) is 11.4 Å². The molecule has 0 aliphatic carbocycles. The van der Waals surface area contributed by atoms with Gasteiger partial charge >= 0.3 is 0 Å². The lowest BCUT2D eigenvalue weighted by molar-refractivity contribution is 0.102. The second-order valence-electron chi connectivity index (χ2n) is 4.57. The molecule has 5 nitrogen and oxygen atoms in total. The lowest BCUT2D eigenvalue weighted by Gasteiger charge is -2.02. The number of carbonyl (C=O) groups is 1. The number of rotatable bonds is 3. The molecule has 0 atom stereocenters. The number of aromatic nitrogens is 3. The van der Waals surface area contributed by atoms with Crippen LogP contribution in [0.1, 0.15) is 10.4 Å². The van der Waals surface area contributed by atoms with Crippen LogP contribution in [0.4, 0.5) is 5.95 Å². The molecular weight excluding hydrogens is 264 g/mol. The molecule has 0 aliphatic heterocycles. The van der Waals surface area contributed by atoms with Gasteiger partial charge in [0.1, 0.15) is 0 Å². The number of hydrogen-bond donors (Lipinski definition) is 1. The van der Waals surface area contributed by atoms with E-state index in [1.165, 1.54) is 0 Å². The van der Waals surface area contributed by atoms with E-state index >= 15 is 0 Å². The lowest BCUT2D eigenvalue weighted by atomic mass is 10.2. The first-order valence-corrected chi connectivity index (χ1v) is 6.57. The minimum atomic E-state index is -0.203. The van der Waals surface area contributed by atoms with Gasteiger partial charge in [-0.05, 0) is 12.1 Å². The summed E-state index contributed by atoms with van der Waals surface area (Å²) in [6.45, 7) is 0. The summed E-state index contributed by atoms with van der Waals surface area (Å²) < 4.78 is 1.56. The molecule has 0 saturated heterocycles. The Labute approximate surface area is 122 Å². The fourth-order valence-corrected chi connectivity index (χ4v) is 1.97. The number of anilines is 1. The van der Waals surface area contributed by atoms with E-state index < -0.39 is 0 Å². The van der Waals surface area contributed by atoms with Gasteiger partial charge in [0.25, 0.3) is 5.91 Å². The summed E-state index contributed by atoms with van der Waals surface area (Å²) in [5.74, 6) is 0.801. The van der Waals surface area contributed by atoms with Crippen molar-refractivity contribution in [3.8, 4) is 11.4 Å². The van der Waals surface area contributed by atoms with Crippen LogP contribution in [0.3, 0.4) is 0 Å². The van der Waals surface area contributed by atoms with Crippen LogP contribution < -0.4 is 5.32 Å². The van der Waals surface area contributed by atoms with Crippen LogP contribution in [-0.2, 0) is 7.05 Å². The Kier molecular flexibility index (Phi) is 3.47. The van der Waals surface area contributed by atoms with Crippen molar-refractivity contribution in [2.24, 2.45) is 7.05 Å². The highest BCUT2D eigenvalue weighted by Crippen LogP contribution is 2.17. The second kappa shape index (κ2) is 5.58. The summed E-state index contributed by atoms with van der Waals surface area (Å²) in [5, 5.41) is 7.09. The number of carbonyl (C=O) groups excluding carboxylic acids is 1. The van der Waals surface area contributed by atoms with Crippen molar-refractivity contribution in [3.05, 3.63) is 66.2 Å². The van der Waals surface area contributed by atoms with Gasteiger partial charge in [-0.15, -0.1) is 5.10 Å². The monoisotopic (exact) mass is 278 g/mol. The minimum absolute atomic E-state index is 0.203. The summed E-state index contributed by atoms with van der Waals surface area (Å²) in [7, 11) is 1.75. The second-order valence-corrected chi connectivity index (χ2v) is 4.57. The van der Waals surface area contributed by atoms with Crippen molar-refractivity contribution in [2.45, 2.75) is 0 Å². The number of nitrogens with zero attached hydrogens (tertiary/aromatic N) is 3. The highest BCUT2D eigenvalue weighted by molar-refractivity contribution is 6.03. The molecule has 2 aromatic carbocycles. The maximum atomic E-state index is 12.1. The molecule has 0 unspecified atom stereocenters. The molecule has 0 fully saturated rings. The number of amides is 1. The van der Waals surface area contributed by atoms with Gasteiger partial charge in [0.05, 0.1) is 0 Å². The smallest absolute Gasteiger partial charge is 0.258 e. The van der Waals surface area contributed by atoms with Gasteiger partial charge in [0.15, 0.2) is 5.82 Å². The first-order chi connectivity index (χ1) is 10.2. The summed E-state index contributed by atoms with van der Waals surface area (Å²) in [6, 6.07) is 18.7. The van der Waals surface area contributed by atoms with Crippen molar-refractivity contribution in [2.75, 3.05) is 5.32 Å². The molecule has 3 rings (SSSR count). The molecule has 21 heavy (non-hydrogen) atoms. The first kappa shape index (κ1) is 13.1. The Morgan fingerprint density at radius 1 is 1.00 bits per heavy atom. The minimum Gasteiger partial charge on any atom is -0.291 e. The summed E-state index contributed by atoms with van der Waals surface area (Å²) in [4.78, 5) is 16.5. The van der Waals surface area contributed by atoms with Gasteiger partial charge in [-0.2, -0.15) is 4.98 Å². The van der Waals surface area contributed by atoms with Crippen molar-refractivity contribution in [1.82, 2.24) is 14.8 Å². The van der Waals surface area contributed by atoms with Gasteiger partial charge < -0.3 is 0 Å². The Bertz CT molecular complexity index is 750. The van der Waals surface area contributed by atoms with Crippen molar-refractivity contribution in [3.63, 3.8) is 0 Å².